The number of nitrogens with one attached hydrogen (secondary N) is 1. The molecule has 0 aliphatic heterocycles. The monoisotopic (exact) mass is 855 g/mol. The number of carbonyl (C=O) groups is 1. The van der Waals surface area contributed by atoms with Crippen molar-refractivity contribution in [1.29, 1.82) is 0 Å². The third-order valence-electron chi connectivity index (χ3n) is 11.4. The molecule has 1 amide bonds. The molecule has 0 fully saturated rings. The maximum Gasteiger partial charge on any atom is 0.268 e. The molecule has 0 saturated carbocycles. The number of amides is 1. The van der Waals surface area contributed by atoms with Gasteiger partial charge < -0.3 is 28.8 Å². The second-order valence-electron chi connectivity index (χ2n) is 18.5. The van der Waals surface area contributed by atoms with Crippen LogP contribution in [0.5, 0.6) is 0 Å². The Morgan fingerprint density at radius 3 is 1.34 bits per heavy atom. The first-order chi connectivity index (χ1) is 28.5. The maximum atomic E-state index is 12.8. The number of phosphoric acid groups is 1. The van der Waals surface area contributed by atoms with Gasteiger partial charge >= 0.3 is 0 Å². The normalized spacial score (nSPS) is 14.4. The minimum absolute atomic E-state index is 0.000135. The van der Waals surface area contributed by atoms with Crippen LogP contribution < -0.4 is 10.2 Å². The lowest BCUT2D eigenvalue weighted by Gasteiger charge is -2.29. The minimum atomic E-state index is -4.57. The third-order valence-corrected chi connectivity index (χ3v) is 12.4. The molecule has 8 nitrogen and oxygen atoms in total. The van der Waals surface area contributed by atoms with Gasteiger partial charge in [0.1, 0.15) is 13.2 Å². The summed E-state index contributed by atoms with van der Waals surface area (Å²) >= 11 is 0. The number of hydrogen-bond acceptors (Lipinski definition) is 6. The Morgan fingerprint density at radius 2 is 0.932 bits per heavy atom. The van der Waals surface area contributed by atoms with Crippen molar-refractivity contribution in [2.24, 2.45) is 0 Å². The first-order valence-electron chi connectivity index (χ1n) is 25.2. The number of likely N-dealkylation sites (N-methyl/N-ethyl adjacent to an activating group) is 1. The van der Waals surface area contributed by atoms with Gasteiger partial charge in [-0.1, -0.05) is 212 Å². The van der Waals surface area contributed by atoms with Gasteiger partial charge in [0, 0.05) is 6.42 Å². The molecule has 0 spiro atoms. The molecular weight excluding hydrogens is 756 g/mol. The van der Waals surface area contributed by atoms with Crippen LogP contribution in [0, 0.1) is 0 Å². The molecule has 0 aromatic rings. The lowest BCUT2D eigenvalue weighted by Crippen LogP contribution is -2.45. The molecule has 0 aromatic heterocycles. The van der Waals surface area contributed by atoms with Crippen LogP contribution in [0.4, 0.5) is 0 Å². The Labute approximate surface area is 366 Å². The molecule has 9 heteroatoms. The molecule has 0 saturated heterocycles. The number of allylic oxidation sites excluding steroid dienone is 3. The highest BCUT2D eigenvalue weighted by atomic mass is 31.2. The quantitative estimate of drug-likeness (QED) is 0.0273. The lowest BCUT2D eigenvalue weighted by atomic mass is 10.0. The number of rotatable bonds is 46. The van der Waals surface area contributed by atoms with Gasteiger partial charge in [0.25, 0.3) is 7.82 Å². The zero-order chi connectivity index (χ0) is 43.6. The predicted octanol–water partition coefficient (Wildman–Crippen LogP) is 13.8. The average Bonchev–Trinajstić information content (AvgIpc) is 3.19. The number of aliphatic hydroxyl groups is 1. The lowest BCUT2D eigenvalue weighted by molar-refractivity contribution is -0.870. The highest BCUT2D eigenvalue weighted by molar-refractivity contribution is 7.45. The maximum absolute atomic E-state index is 12.8. The van der Waals surface area contributed by atoms with Crippen LogP contribution in [-0.2, 0) is 18.4 Å². The van der Waals surface area contributed by atoms with Crippen LogP contribution in [0.25, 0.3) is 0 Å². The van der Waals surface area contributed by atoms with E-state index in [1.165, 1.54) is 173 Å². The smallest absolute Gasteiger partial charge is 0.268 e. The van der Waals surface area contributed by atoms with E-state index in [0.29, 0.717) is 17.4 Å². The summed E-state index contributed by atoms with van der Waals surface area (Å²) in [5, 5.41) is 13.6. The van der Waals surface area contributed by atoms with E-state index in [2.05, 4.69) is 31.3 Å². The summed E-state index contributed by atoms with van der Waals surface area (Å²) in [6, 6.07) is -0.879. The molecule has 0 radical (unpaired) electrons. The van der Waals surface area contributed by atoms with Crippen molar-refractivity contribution in [1.82, 2.24) is 5.32 Å². The fourth-order valence-electron chi connectivity index (χ4n) is 7.38. The van der Waals surface area contributed by atoms with Gasteiger partial charge in [-0.25, -0.2) is 0 Å². The van der Waals surface area contributed by atoms with E-state index >= 15 is 0 Å². The Morgan fingerprint density at radius 1 is 0.576 bits per heavy atom. The number of quaternary nitrogens is 1. The predicted molar refractivity (Wildman–Crippen MR) is 252 cm³/mol. The molecule has 350 valence electrons. The number of carbonyl (C=O) groups excluding carboxylic acids is 1. The molecule has 0 bridgehead atoms. The van der Waals surface area contributed by atoms with Crippen LogP contribution in [0.2, 0.25) is 0 Å². The SMILES string of the molecule is CCCCCC/C=C/C(O)C(COP(=O)([O-])OCC[N+](C)(C)C)NC(=O)CCCCCCCCCCCCCCCCCCCCC/C=C\CCCCCCCCCC. The van der Waals surface area contributed by atoms with Crippen LogP contribution in [-0.4, -0.2) is 68.5 Å². The van der Waals surface area contributed by atoms with Crippen molar-refractivity contribution < 1.29 is 32.9 Å². The first-order valence-corrected chi connectivity index (χ1v) is 26.7. The molecule has 3 atom stereocenters. The summed E-state index contributed by atoms with van der Waals surface area (Å²) in [6.07, 6.45) is 51.5. The molecule has 0 aliphatic rings. The van der Waals surface area contributed by atoms with Crippen LogP contribution in [0.15, 0.2) is 24.3 Å². The second-order valence-corrected chi connectivity index (χ2v) is 19.9. The van der Waals surface area contributed by atoms with E-state index in [0.717, 1.165) is 44.9 Å². The van der Waals surface area contributed by atoms with Crippen molar-refractivity contribution in [2.75, 3.05) is 40.9 Å². The number of hydrogen-bond donors (Lipinski definition) is 2. The van der Waals surface area contributed by atoms with Crippen LogP contribution in [0.3, 0.4) is 0 Å². The third kappa shape index (κ3) is 44.8. The molecule has 3 unspecified atom stereocenters. The van der Waals surface area contributed by atoms with Gasteiger partial charge in [0.2, 0.25) is 5.91 Å². The minimum Gasteiger partial charge on any atom is -0.756 e. The number of aliphatic hydroxyl groups excluding tert-OH is 1. The highest BCUT2D eigenvalue weighted by Crippen LogP contribution is 2.38. The standard InChI is InChI=1S/C50H99N2O6P/c1-6-8-10-12-14-15-16-17-18-19-20-21-22-23-24-25-26-27-28-29-30-31-32-33-34-35-36-37-38-40-42-44-50(54)51-48(49(53)43-41-39-13-11-9-7-2)47-58-59(55,56)57-46-45-52(3,4)5/h19-20,41,43,48-49,53H,6-18,21-40,42,44-47H2,1-5H3,(H-,51,54,55,56)/b20-19-,43-41+. The van der Waals surface area contributed by atoms with Gasteiger partial charge in [0.15, 0.2) is 0 Å². The van der Waals surface area contributed by atoms with Gasteiger partial charge in [-0.05, 0) is 44.9 Å². The number of nitrogens with zero attached hydrogens (tertiary/aromatic N) is 1. The fraction of sp³-hybridized carbons (Fsp3) is 0.900. The van der Waals surface area contributed by atoms with E-state index in [-0.39, 0.29) is 19.1 Å². The summed E-state index contributed by atoms with van der Waals surface area (Å²) in [4.78, 5) is 25.2. The van der Waals surface area contributed by atoms with Crippen LogP contribution >= 0.6 is 7.82 Å². The second kappa shape index (κ2) is 42.3. The van der Waals surface area contributed by atoms with E-state index in [4.69, 9.17) is 9.05 Å². The van der Waals surface area contributed by atoms with Gasteiger partial charge in [0.05, 0.1) is 39.9 Å². The molecular formula is C50H99N2O6P. The van der Waals surface area contributed by atoms with E-state index in [1.807, 2.05) is 27.2 Å². The summed E-state index contributed by atoms with van der Waals surface area (Å²) in [5.41, 5.74) is 0. The summed E-state index contributed by atoms with van der Waals surface area (Å²) in [5.74, 6) is -0.200. The molecule has 0 heterocycles. The number of phosphoric ester groups is 1. The Balaban J connectivity index is 3.85. The molecule has 0 rings (SSSR count). The van der Waals surface area contributed by atoms with Crippen molar-refractivity contribution in [3.63, 3.8) is 0 Å². The molecule has 0 aromatic carbocycles. The van der Waals surface area contributed by atoms with E-state index < -0.39 is 20.0 Å². The Hall–Kier alpha value is -1.02. The number of unbranched alkanes of at least 4 members (excludes halogenated alkanes) is 31. The van der Waals surface area contributed by atoms with Crippen molar-refractivity contribution in [3.8, 4) is 0 Å². The Kier molecular flexibility index (Phi) is 41.6. The van der Waals surface area contributed by atoms with Gasteiger partial charge in [-0.2, -0.15) is 0 Å². The Bertz CT molecular complexity index is 1020. The van der Waals surface area contributed by atoms with Crippen molar-refractivity contribution in [3.05, 3.63) is 24.3 Å². The van der Waals surface area contributed by atoms with E-state index in [1.54, 1.807) is 6.08 Å². The summed E-state index contributed by atoms with van der Waals surface area (Å²) in [6.45, 7) is 4.57. The van der Waals surface area contributed by atoms with E-state index in [9.17, 15) is 19.4 Å². The largest absolute Gasteiger partial charge is 0.756 e. The zero-order valence-corrected chi connectivity index (χ0v) is 40.6. The molecule has 2 N–H and O–H groups in total. The van der Waals surface area contributed by atoms with Crippen molar-refractivity contribution in [2.45, 2.75) is 251 Å². The highest BCUT2D eigenvalue weighted by Gasteiger charge is 2.23. The van der Waals surface area contributed by atoms with Crippen LogP contribution in [0.1, 0.15) is 239 Å². The topological polar surface area (TPSA) is 108 Å². The zero-order valence-electron chi connectivity index (χ0n) is 39.7. The summed E-state index contributed by atoms with van der Waals surface area (Å²) < 4.78 is 23.1. The average molecular weight is 855 g/mol. The van der Waals surface area contributed by atoms with Gasteiger partial charge in [-0.15, -0.1) is 0 Å². The molecule has 0 aliphatic carbocycles. The molecule has 59 heavy (non-hydrogen) atoms. The first kappa shape index (κ1) is 58.0. The van der Waals surface area contributed by atoms with Gasteiger partial charge in [-0.3, -0.25) is 9.36 Å². The van der Waals surface area contributed by atoms with Crippen molar-refractivity contribution >= 4 is 13.7 Å². The summed E-state index contributed by atoms with van der Waals surface area (Å²) in [7, 11) is 1.26. The fourth-order valence-corrected chi connectivity index (χ4v) is 8.11.